The van der Waals surface area contributed by atoms with E-state index in [1.54, 1.807) is 4.90 Å². The van der Waals surface area contributed by atoms with Gasteiger partial charge >= 0.3 is 0 Å². The fourth-order valence-electron chi connectivity index (χ4n) is 4.45. The van der Waals surface area contributed by atoms with Crippen LogP contribution in [0.3, 0.4) is 0 Å². The standard InChI is InChI=1S/C20H28N2O4/c23-18-11-16-3-4-17(12-18)22(16)13-15-1-5-19(6-2-15)26-14-20(24)21-7-9-25-10-8-21/h1-2,5-6,16-18,23H,3-4,7-14H2/t16-,17+,18?. The van der Waals surface area contributed by atoms with Gasteiger partial charge in [-0.15, -0.1) is 0 Å². The van der Waals surface area contributed by atoms with Crippen LogP contribution in [-0.4, -0.2) is 71.9 Å². The van der Waals surface area contributed by atoms with Gasteiger partial charge < -0.3 is 19.5 Å². The van der Waals surface area contributed by atoms with Crippen LogP contribution in [0.25, 0.3) is 0 Å². The van der Waals surface area contributed by atoms with Crippen molar-refractivity contribution in [3.63, 3.8) is 0 Å². The molecule has 1 aromatic rings. The smallest absolute Gasteiger partial charge is 0.260 e. The third-order valence-electron chi connectivity index (χ3n) is 5.87. The molecular weight excluding hydrogens is 332 g/mol. The third kappa shape index (κ3) is 4.03. The lowest BCUT2D eigenvalue weighted by molar-refractivity contribution is -0.137. The summed E-state index contributed by atoms with van der Waals surface area (Å²) >= 11 is 0. The SMILES string of the molecule is O=C(COc1ccc(CN2[C@@H]3CC[C@H]2CC(O)C3)cc1)N1CCOCC1. The van der Waals surface area contributed by atoms with Crippen LogP contribution in [0, 0.1) is 0 Å². The lowest BCUT2D eigenvalue weighted by Crippen LogP contribution is -2.44. The largest absolute Gasteiger partial charge is 0.484 e. The van der Waals surface area contributed by atoms with Gasteiger partial charge in [0.05, 0.1) is 19.3 Å². The summed E-state index contributed by atoms with van der Waals surface area (Å²) < 4.78 is 10.9. The number of hydrogen-bond donors (Lipinski definition) is 1. The van der Waals surface area contributed by atoms with Crippen LogP contribution in [-0.2, 0) is 16.1 Å². The van der Waals surface area contributed by atoms with E-state index < -0.39 is 0 Å². The van der Waals surface area contributed by atoms with Crippen molar-refractivity contribution in [2.75, 3.05) is 32.9 Å². The summed E-state index contributed by atoms with van der Waals surface area (Å²) in [4.78, 5) is 16.5. The first-order valence-electron chi connectivity index (χ1n) is 9.70. The maximum Gasteiger partial charge on any atom is 0.260 e. The van der Waals surface area contributed by atoms with E-state index in [0.717, 1.165) is 25.1 Å². The average molecular weight is 360 g/mol. The molecule has 1 aromatic carbocycles. The Hall–Kier alpha value is -1.63. The van der Waals surface area contributed by atoms with Crippen LogP contribution in [0.2, 0.25) is 0 Å². The van der Waals surface area contributed by atoms with Gasteiger partial charge in [0.1, 0.15) is 5.75 Å². The zero-order valence-electron chi connectivity index (χ0n) is 15.2. The van der Waals surface area contributed by atoms with E-state index >= 15 is 0 Å². The molecule has 1 N–H and O–H groups in total. The second kappa shape index (κ2) is 7.94. The number of fused-ring (bicyclic) bond motifs is 2. The molecule has 0 spiro atoms. The maximum atomic E-state index is 12.1. The first-order chi connectivity index (χ1) is 12.7. The molecule has 0 aromatic heterocycles. The van der Waals surface area contributed by atoms with Gasteiger partial charge in [0.15, 0.2) is 6.61 Å². The first kappa shape index (κ1) is 17.8. The number of aliphatic hydroxyl groups excluding tert-OH is 1. The van der Waals surface area contributed by atoms with Gasteiger partial charge in [-0.05, 0) is 43.4 Å². The van der Waals surface area contributed by atoms with Crippen LogP contribution in [0.15, 0.2) is 24.3 Å². The molecule has 2 bridgehead atoms. The zero-order valence-corrected chi connectivity index (χ0v) is 15.2. The van der Waals surface area contributed by atoms with Gasteiger partial charge in [0.2, 0.25) is 0 Å². The normalized spacial score (nSPS) is 29.0. The number of nitrogens with zero attached hydrogens (tertiary/aromatic N) is 2. The van der Waals surface area contributed by atoms with Crippen molar-refractivity contribution in [2.45, 2.75) is 50.4 Å². The van der Waals surface area contributed by atoms with Crippen LogP contribution in [0.4, 0.5) is 0 Å². The summed E-state index contributed by atoms with van der Waals surface area (Å²) in [6.07, 6.45) is 4.09. The highest BCUT2D eigenvalue weighted by atomic mass is 16.5. The predicted octanol–water partition coefficient (Wildman–Crippen LogP) is 1.41. The molecule has 3 aliphatic heterocycles. The number of ether oxygens (including phenoxy) is 2. The topological polar surface area (TPSA) is 62.2 Å². The summed E-state index contributed by atoms with van der Waals surface area (Å²) in [6, 6.07) is 9.10. The number of rotatable bonds is 5. The Morgan fingerprint density at radius 1 is 1.12 bits per heavy atom. The summed E-state index contributed by atoms with van der Waals surface area (Å²) in [5, 5.41) is 9.93. The van der Waals surface area contributed by atoms with Crippen molar-refractivity contribution in [1.29, 1.82) is 0 Å². The van der Waals surface area contributed by atoms with Gasteiger partial charge in [-0.25, -0.2) is 0 Å². The van der Waals surface area contributed by atoms with Crippen LogP contribution in [0.5, 0.6) is 5.75 Å². The molecule has 0 aliphatic carbocycles. The number of carbonyl (C=O) groups is 1. The number of carbonyl (C=O) groups excluding carboxylic acids is 1. The molecule has 3 aliphatic rings. The molecule has 6 nitrogen and oxygen atoms in total. The summed E-state index contributed by atoms with van der Waals surface area (Å²) in [7, 11) is 0. The molecule has 3 saturated heterocycles. The summed E-state index contributed by atoms with van der Waals surface area (Å²) in [5.74, 6) is 0.744. The van der Waals surface area contributed by atoms with Crippen molar-refractivity contribution in [1.82, 2.24) is 9.80 Å². The molecule has 6 heteroatoms. The van der Waals surface area contributed by atoms with E-state index in [2.05, 4.69) is 17.0 Å². The van der Waals surface area contributed by atoms with E-state index in [0.29, 0.717) is 38.4 Å². The number of piperidine rings is 1. The molecular formula is C20H28N2O4. The Morgan fingerprint density at radius 2 is 1.77 bits per heavy atom. The number of hydrogen-bond acceptors (Lipinski definition) is 5. The maximum absolute atomic E-state index is 12.1. The molecule has 3 atom stereocenters. The Kier molecular flexibility index (Phi) is 5.43. The molecule has 1 amide bonds. The van der Waals surface area contributed by atoms with E-state index in [1.165, 1.54) is 18.4 Å². The van der Waals surface area contributed by atoms with E-state index in [9.17, 15) is 9.90 Å². The van der Waals surface area contributed by atoms with Crippen LogP contribution < -0.4 is 4.74 Å². The first-order valence-corrected chi connectivity index (χ1v) is 9.70. The van der Waals surface area contributed by atoms with Crippen molar-refractivity contribution < 1.29 is 19.4 Å². The van der Waals surface area contributed by atoms with Gasteiger partial charge in [0, 0.05) is 31.7 Å². The van der Waals surface area contributed by atoms with E-state index in [1.807, 2.05) is 12.1 Å². The van der Waals surface area contributed by atoms with Gasteiger partial charge in [-0.3, -0.25) is 9.69 Å². The molecule has 3 fully saturated rings. The quantitative estimate of drug-likeness (QED) is 0.860. The van der Waals surface area contributed by atoms with Gasteiger partial charge in [0.25, 0.3) is 5.91 Å². The molecule has 0 radical (unpaired) electrons. The third-order valence-corrected chi connectivity index (χ3v) is 5.87. The molecule has 0 saturated carbocycles. The monoisotopic (exact) mass is 360 g/mol. The molecule has 26 heavy (non-hydrogen) atoms. The molecule has 142 valence electrons. The summed E-state index contributed by atoms with van der Waals surface area (Å²) in [6.45, 7) is 3.51. The van der Waals surface area contributed by atoms with Crippen LogP contribution in [0.1, 0.15) is 31.2 Å². The number of benzene rings is 1. The Morgan fingerprint density at radius 3 is 2.42 bits per heavy atom. The van der Waals surface area contributed by atoms with Crippen molar-refractivity contribution in [3.05, 3.63) is 29.8 Å². The highest BCUT2D eigenvalue weighted by molar-refractivity contribution is 5.77. The minimum Gasteiger partial charge on any atom is -0.484 e. The molecule has 3 heterocycles. The Bertz CT molecular complexity index is 601. The zero-order chi connectivity index (χ0) is 17.9. The van der Waals surface area contributed by atoms with Crippen molar-refractivity contribution in [2.24, 2.45) is 0 Å². The van der Waals surface area contributed by atoms with Gasteiger partial charge in [-0.1, -0.05) is 12.1 Å². The minimum absolute atomic E-state index is 0.0147. The molecule has 4 rings (SSSR count). The highest BCUT2D eigenvalue weighted by Crippen LogP contribution is 2.36. The summed E-state index contributed by atoms with van der Waals surface area (Å²) in [5.41, 5.74) is 1.25. The number of morpholine rings is 1. The Labute approximate surface area is 154 Å². The Balaban J connectivity index is 1.28. The van der Waals surface area contributed by atoms with Gasteiger partial charge in [-0.2, -0.15) is 0 Å². The lowest BCUT2D eigenvalue weighted by Gasteiger charge is -2.37. The fraction of sp³-hybridized carbons (Fsp3) is 0.650. The van der Waals surface area contributed by atoms with Crippen molar-refractivity contribution >= 4 is 5.91 Å². The second-order valence-electron chi connectivity index (χ2n) is 7.61. The molecule has 1 unspecified atom stereocenters. The average Bonchev–Trinajstić information content (AvgIpc) is 2.90. The fourth-order valence-corrected chi connectivity index (χ4v) is 4.45. The number of aliphatic hydroxyl groups is 1. The highest BCUT2D eigenvalue weighted by Gasteiger charge is 2.39. The van der Waals surface area contributed by atoms with E-state index in [-0.39, 0.29) is 18.6 Å². The number of amides is 1. The minimum atomic E-state index is -0.122. The predicted molar refractivity (Wildman–Crippen MR) is 96.9 cm³/mol. The van der Waals surface area contributed by atoms with Crippen molar-refractivity contribution in [3.8, 4) is 5.75 Å². The van der Waals surface area contributed by atoms with Crippen LogP contribution >= 0.6 is 0 Å². The second-order valence-corrected chi connectivity index (χ2v) is 7.61. The van der Waals surface area contributed by atoms with E-state index in [4.69, 9.17) is 9.47 Å². The lowest BCUT2D eigenvalue weighted by atomic mass is 9.99.